The number of aromatic nitrogens is 1. The molecule has 0 spiro atoms. The number of carbonyl (C=O) groups is 2. The molecule has 134 valence electrons. The molecule has 2 rings (SSSR count). The van der Waals surface area contributed by atoms with Gasteiger partial charge < -0.3 is 23.9 Å². The third kappa shape index (κ3) is 3.93. The molecule has 1 heterocycles. The smallest absolute Gasteiger partial charge is 0.355 e. The minimum atomic E-state index is -0.560. The Morgan fingerprint density at radius 1 is 0.920 bits per heavy atom. The number of aromatic amines is 1. The number of benzene rings is 1. The topological polar surface area (TPSA) is 86.9 Å². The second kappa shape index (κ2) is 8.23. The van der Waals surface area contributed by atoms with Crippen LogP contribution in [0.5, 0.6) is 11.5 Å². The van der Waals surface area contributed by atoms with E-state index in [4.69, 9.17) is 18.9 Å². The van der Waals surface area contributed by atoms with Crippen molar-refractivity contribution in [1.29, 1.82) is 0 Å². The summed E-state index contributed by atoms with van der Waals surface area (Å²) in [6, 6.07) is 5.11. The maximum Gasteiger partial charge on any atom is 0.355 e. The first-order valence-corrected chi connectivity index (χ1v) is 7.84. The van der Waals surface area contributed by atoms with Gasteiger partial charge in [-0.15, -0.1) is 0 Å². The van der Waals surface area contributed by atoms with Gasteiger partial charge in [0.2, 0.25) is 0 Å². The lowest BCUT2D eigenvalue weighted by atomic mass is 10.0. The SMILES string of the molecule is CCOC(=O)c1c[nH]c(C(=O)OCC)c1-c1cc(OC)cc(OC)c1. The van der Waals surface area contributed by atoms with Crippen molar-refractivity contribution in [2.24, 2.45) is 0 Å². The average molecular weight is 347 g/mol. The second-order valence-corrected chi connectivity index (χ2v) is 4.99. The third-order valence-corrected chi connectivity index (χ3v) is 3.50. The van der Waals surface area contributed by atoms with Crippen LogP contribution < -0.4 is 9.47 Å². The van der Waals surface area contributed by atoms with E-state index < -0.39 is 11.9 Å². The van der Waals surface area contributed by atoms with Gasteiger partial charge in [0, 0.05) is 17.8 Å². The molecule has 0 aliphatic rings. The Bertz CT molecular complexity index is 707. The summed E-state index contributed by atoms with van der Waals surface area (Å²) in [5.74, 6) is -0.0405. The molecule has 0 saturated heterocycles. The van der Waals surface area contributed by atoms with Gasteiger partial charge in [0.15, 0.2) is 0 Å². The summed E-state index contributed by atoms with van der Waals surface area (Å²) >= 11 is 0. The van der Waals surface area contributed by atoms with Gasteiger partial charge in [-0.05, 0) is 31.5 Å². The molecule has 0 bridgehead atoms. The second-order valence-electron chi connectivity index (χ2n) is 4.99. The molecule has 1 aromatic heterocycles. The van der Waals surface area contributed by atoms with Crippen LogP contribution in [-0.2, 0) is 9.47 Å². The number of rotatable bonds is 7. The highest BCUT2D eigenvalue weighted by Crippen LogP contribution is 2.34. The summed E-state index contributed by atoms with van der Waals surface area (Å²) in [6.07, 6.45) is 1.44. The Balaban J connectivity index is 2.65. The van der Waals surface area contributed by atoms with Crippen molar-refractivity contribution in [3.63, 3.8) is 0 Å². The number of esters is 2. The maximum absolute atomic E-state index is 12.3. The first-order valence-electron chi connectivity index (χ1n) is 7.84. The Morgan fingerprint density at radius 2 is 1.48 bits per heavy atom. The number of hydrogen-bond donors (Lipinski definition) is 1. The minimum Gasteiger partial charge on any atom is -0.497 e. The van der Waals surface area contributed by atoms with Gasteiger partial charge in [-0.25, -0.2) is 9.59 Å². The van der Waals surface area contributed by atoms with E-state index in [0.717, 1.165) is 0 Å². The number of H-pyrrole nitrogens is 1. The van der Waals surface area contributed by atoms with Crippen LogP contribution in [0.4, 0.5) is 0 Å². The van der Waals surface area contributed by atoms with Crippen molar-refractivity contribution in [3.8, 4) is 22.6 Å². The summed E-state index contributed by atoms with van der Waals surface area (Å²) in [4.78, 5) is 27.4. The predicted octanol–water partition coefficient (Wildman–Crippen LogP) is 3.05. The summed E-state index contributed by atoms with van der Waals surface area (Å²) in [6.45, 7) is 3.86. The number of methoxy groups -OCH3 is 2. The first-order chi connectivity index (χ1) is 12.0. The van der Waals surface area contributed by atoms with Gasteiger partial charge in [-0.2, -0.15) is 0 Å². The fourth-order valence-corrected chi connectivity index (χ4v) is 2.41. The Kier molecular flexibility index (Phi) is 6.05. The molecule has 7 nitrogen and oxygen atoms in total. The highest BCUT2D eigenvalue weighted by molar-refractivity contribution is 6.05. The van der Waals surface area contributed by atoms with Crippen molar-refractivity contribution in [1.82, 2.24) is 4.98 Å². The van der Waals surface area contributed by atoms with Gasteiger partial charge in [0.05, 0.1) is 33.0 Å². The molecule has 0 saturated carbocycles. The highest BCUT2D eigenvalue weighted by atomic mass is 16.5. The van der Waals surface area contributed by atoms with Gasteiger partial charge in [0.1, 0.15) is 17.2 Å². The van der Waals surface area contributed by atoms with Crippen LogP contribution in [0.25, 0.3) is 11.1 Å². The number of nitrogens with one attached hydrogen (secondary N) is 1. The Labute approximate surface area is 145 Å². The largest absolute Gasteiger partial charge is 0.497 e. The van der Waals surface area contributed by atoms with Gasteiger partial charge in [-0.1, -0.05) is 0 Å². The molecule has 0 fully saturated rings. The lowest BCUT2D eigenvalue weighted by Crippen LogP contribution is -2.09. The fourth-order valence-electron chi connectivity index (χ4n) is 2.41. The number of hydrogen-bond acceptors (Lipinski definition) is 6. The van der Waals surface area contributed by atoms with Crippen LogP contribution in [0, 0.1) is 0 Å². The maximum atomic E-state index is 12.3. The molecule has 0 aliphatic heterocycles. The molecule has 0 radical (unpaired) electrons. The molecule has 0 aliphatic carbocycles. The van der Waals surface area contributed by atoms with Crippen molar-refractivity contribution < 1.29 is 28.5 Å². The third-order valence-electron chi connectivity index (χ3n) is 3.50. The van der Waals surface area contributed by atoms with Gasteiger partial charge >= 0.3 is 11.9 Å². The molecular weight excluding hydrogens is 326 g/mol. The molecular formula is C18H21NO6. The van der Waals surface area contributed by atoms with Crippen molar-refractivity contribution in [3.05, 3.63) is 35.7 Å². The Hall–Kier alpha value is -2.96. The van der Waals surface area contributed by atoms with E-state index in [1.54, 1.807) is 32.0 Å². The zero-order chi connectivity index (χ0) is 18.4. The summed E-state index contributed by atoms with van der Waals surface area (Å²) in [5.41, 5.74) is 1.36. The molecule has 1 aromatic carbocycles. The van der Waals surface area contributed by atoms with Crippen molar-refractivity contribution in [2.45, 2.75) is 13.8 Å². The zero-order valence-corrected chi connectivity index (χ0v) is 14.7. The standard InChI is InChI=1S/C18H21NO6/c1-5-24-17(20)14-10-19-16(18(21)25-6-2)15(14)11-7-12(22-3)9-13(8-11)23-4/h7-10,19H,5-6H2,1-4H3. The van der Waals surface area contributed by atoms with E-state index >= 15 is 0 Å². The highest BCUT2D eigenvalue weighted by Gasteiger charge is 2.25. The Morgan fingerprint density at radius 3 is 2.00 bits per heavy atom. The van der Waals surface area contributed by atoms with Crippen LogP contribution in [0.1, 0.15) is 34.7 Å². The van der Waals surface area contributed by atoms with E-state index in [-0.39, 0.29) is 24.5 Å². The molecule has 1 N–H and O–H groups in total. The van der Waals surface area contributed by atoms with Crippen molar-refractivity contribution in [2.75, 3.05) is 27.4 Å². The van der Waals surface area contributed by atoms with E-state index in [9.17, 15) is 9.59 Å². The van der Waals surface area contributed by atoms with E-state index in [2.05, 4.69) is 4.98 Å². The van der Waals surface area contributed by atoms with E-state index in [1.807, 2.05) is 0 Å². The average Bonchev–Trinajstić information content (AvgIpc) is 3.07. The van der Waals surface area contributed by atoms with Crippen LogP contribution in [0.3, 0.4) is 0 Å². The van der Waals surface area contributed by atoms with Crippen LogP contribution in [-0.4, -0.2) is 44.4 Å². The van der Waals surface area contributed by atoms with Gasteiger partial charge in [-0.3, -0.25) is 0 Å². The lowest BCUT2D eigenvalue weighted by molar-refractivity contribution is 0.0519. The normalized spacial score (nSPS) is 10.2. The zero-order valence-electron chi connectivity index (χ0n) is 14.7. The number of ether oxygens (including phenoxy) is 4. The van der Waals surface area contributed by atoms with E-state index in [1.165, 1.54) is 20.4 Å². The predicted molar refractivity (Wildman–Crippen MR) is 91.2 cm³/mol. The lowest BCUT2D eigenvalue weighted by Gasteiger charge is -2.11. The summed E-state index contributed by atoms with van der Waals surface area (Å²) in [5, 5.41) is 0. The molecule has 0 amide bonds. The van der Waals surface area contributed by atoms with Gasteiger partial charge in [0.25, 0.3) is 0 Å². The monoisotopic (exact) mass is 347 g/mol. The number of carbonyl (C=O) groups excluding carboxylic acids is 2. The fraction of sp³-hybridized carbons (Fsp3) is 0.333. The molecule has 25 heavy (non-hydrogen) atoms. The van der Waals surface area contributed by atoms with Crippen LogP contribution in [0.2, 0.25) is 0 Å². The molecule has 7 heteroatoms. The van der Waals surface area contributed by atoms with Crippen molar-refractivity contribution >= 4 is 11.9 Å². The molecule has 0 unspecified atom stereocenters. The first kappa shape index (κ1) is 18.4. The minimum absolute atomic E-state index is 0.167. The summed E-state index contributed by atoms with van der Waals surface area (Å²) in [7, 11) is 3.04. The molecule has 0 atom stereocenters. The molecule has 2 aromatic rings. The van der Waals surface area contributed by atoms with Crippen LogP contribution in [0.15, 0.2) is 24.4 Å². The van der Waals surface area contributed by atoms with E-state index in [0.29, 0.717) is 22.6 Å². The summed E-state index contributed by atoms with van der Waals surface area (Å²) < 4.78 is 20.7. The quantitative estimate of drug-likeness (QED) is 0.775. The van der Waals surface area contributed by atoms with Crippen LogP contribution >= 0.6 is 0 Å².